The van der Waals surface area contributed by atoms with Gasteiger partial charge in [0.1, 0.15) is 5.82 Å². The van der Waals surface area contributed by atoms with Crippen LogP contribution in [0.5, 0.6) is 0 Å². The molecule has 1 fully saturated rings. The standard InChI is InChI=1S/C11H13F3N2O2/c12-11(13,14)8-1-2-9(15-3-8)16-4-10(5-17)6-18-7-10/h1-3,17H,4-7H2,(H,15,16). The molecule has 0 bridgehead atoms. The van der Waals surface area contributed by atoms with Crippen LogP contribution in [0.25, 0.3) is 0 Å². The summed E-state index contributed by atoms with van der Waals surface area (Å²) in [5.41, 5.74) is -1.12. The molecule has 4 nitrogen and oxygen atoms in total. The summed E-state index contributed by atoms with van der Waals surface area (Å²) in [7, 11) is 0. The van der Waals surface area contributed by atoms with Gasteiger partial charge in [0.15, 0.2) is 0 Å². The van der Waals surface area contributed by atoms with E-state index in [0.717, 1.165) is 12.3 Å². The largest absolute Gasteiger partial charge is 0.417 e. The zero-order valence-corrected chi connectivity index (χ0v) is 9.50. The second-order valence-electron chi connectivity index (χ2n) is 4.43. The molecular formula is C11H13F3N2O2. The third kappa shape index (κ3) is 2.73. The minimum absolute atomic E-state index is 0.0271. The number of aliphatic hydroxyl groups is 1. The second-order valence-corrected chi connectivity index (χ2v) is 4.43. The van der Waals surface area contributed by atoms with Crippen molar-refractivity contribution in [2.45, 2.75) is 6.18 Å². The van der Waals surface area contributed by atoms with Crippen LogP contribution in [0.4, 0.5) is 19.0 Å². The van der Waals surface area contributed by atoms with Crippen molar-refractivity contribution in [2.75, 3.05) is 31.7 Å². The predicted octanol–water partition coefficient (Wildman–Crippen LogP) is 1.52. The van der Waals surface area contributed by atoms with E-state index >= 15 is 0 Å². The van der Waals surface area contributed by atoms with Crippen LogP contribution >= 0.6 is 0 Å². The zero-order chi connectivity index (χ0) is 13.2. The molecule has 1 aliphatic rings. The highest BCUT2D eigenvalue weighted by molar-refractivity contribution is 5.36. The Morgan fingerprint density at radius 3 is 2.50 bits per heavy atom. The molecule has 18 heavy (non-hydrogen) atoms. The van der Waals surface area contributed by atoms with Gasteiger partial charge in [-0.2, -0.15) is 13.2 Å². The number of rotatable bonds is 4. The first-order valence-corrected chi connectivity index (χ1v) is 5.41. The molecule has 0 atom stereocenters. The quantitative estimate of drug-likeness (QED) is 0.864. The maximum absolute atomic E-state index is 12.3. The molecule has 1 aromatic heterocycles. The summed E-state index contributed by atoms with van der Waals surface area (Å²) in [5, 5.41) is 12.1. The molecule has 1 aromatic rings. The van der Waals surface area contributed by atoms with Crippen LogP contribution in [0, 0.1) is 5.41 Å². The van der Waals surface area contributed by atoms with Crippen molar-refractivity contribution in [3.05, 3.63) is 23.9 Å². The molecular weight excluding hydrogens is 249 g/mol. The van der Waals surface area contributed by atoms with Crippen molar-refractivity contribution in [2.24, 2.45) is 5.41 Å². The van der Waals surface area contributed by atoms with Crippen molar-refractivity contribution in [3.8, 4) is 0 Å². The maximum atomic E-state index is 12.3. The van der Waals surface area contributed by atoms with E-state index in [-0.39, 0.29) is 12.0 Å². The van der Waals surface area contributed by atoms with Gasteiger partial charge < -0.3 is 15.2 Å². The predicted molar refractivity (Wildman–Crippen MR) is 58.1 cm³/mol. The minimum atomic E-state index is -4.38. The normalized spacial score (nSPS) is 18.2. The van der Waals surface area contributed by atoms with Crippen LogP contribution in [0.3, 0.4) is 0 Å². The first-order chi connectivity index (χ1) is 8.45. The number of nitrogens with one attached hydrogen (secondary N) is 1. The van der Waals surface area contributed by atoms with E-state index < -0.39 is 11.7 Å². The lowest BCUT2D eigenvalue weighted by molar-refractivity contribution is -0.137. The summed E-state index contributed by atoms with van der Waals surface area (Å²) in [6.45, 7) is 1.27. The fourth-order valence-electron chi connectivity index (χ4n) is 1.58. The highest BCUT2D eigenvalue weighted by Crippen LogP contribution is 2.30. The lowest BCUT2D eigenvalue weighted by Gasteiger charge is -2.39. The SMILES string of the molecule is OCC1(CNc2ccc(C(F)(F)F)cn2)COC1. The Morgan fingerprint density at radius 2 is 2.11 bits per heavy atom. The molecule has 100 valence electrons. The van der Waals surface area contributed by atoms with Crippen LogP contribution in [0.15, 0.2) is 18.3 Å². The number of aliphatic hydroxyl groups excluding tert-OH is 1. The number of hydrogen-bond donors (Lipinski definition) is 2. The molecule has 7 heteroatoms. The van der Waals surface area contributed by atoms with Gasteiger partial charge >= 0.3 is 6.18 Å². The molecule has 2 heterocycles. The molecule has 0 aromatic carbocycles. The van der Waals surface area contributed by atoms with E-state index in [4.69, 9.17) is 4.74 Å². The number of halogens is 3. The van der Waals surface area contributed by atoms with Crippen LogP contribution in [0.2, 0.25) is 0 Å². The lowest BCUT2D eigenvalue weighted by Crippen LogP contribution is -2.50. The lowest BCUT2D eigenvalue weighted by atomic mass is 9.87. The Balaban J connectivity index is 1.94. The molecule has 2 rings (SSSR count). The maximum Gasteiger partial charge on any atom is 0.417 e. The third-order valence-corrected chi connectivity index (χ3v) is 2.89. The zero-order valence-electron chi connectivity index (χ0n) is 9.50. The van der Waals surface area contributed by atoms with Crippen LogP contribution in [-0.2, 0) is 10.9 Å². The molecule has 2 N–H and O–H groups in total. The Labute approximate surface area is 102 Å². The van der Waals surface area contributed by atoms with Gasteiger partial charge in [0.25, 0.3) is 0 Å². The van der Waals surface area contributed by atoms with E-state index in [1.165, 1.54) is 6.07 Å². The van der Waals surface area contributed by atoms with Crippen molar-refractivity contribution in [1.82, 2.24) is 4.98 Å². The Bertz CT molecular complexity index is 396. The topological polar surface area (TPSA) is 54.4 Å². The first kappa shape index (κ1) is 13.1. The van der Waals surface area contributed by atoms with Crippen molar-refractivity contribution >= 4 is 5.82 Å². The molecule has 0 saturated carbocycles. The fourth-order valence-corrected chi connectivity index (χ4v) is 1.58. The van der Waals surface area contributed by atoms with E-state index in [2.05, 4.69) is 10.3 Å². The summed E-state index contributed by atoms with van der Waals surface area (Å²) >= 11 is 0. The van der Waals surface area contributed by atoms with Gasteiger partial charge in [-0.25, -0.2) is 4.98 Å². The molecule has 0 amide bonds. The van der Waals surface area contributed by atoms with Gasteiger partial charge in [-0.05, 0) is 12.1 Å². The van der Waals surface area contributed by atoms with E-state index in [1.807, 2.05) is 0 Å². The van der Waals surface area contributed by atoms with Gasteiger partial charge in [0, 0.05) is 12.7 Å². The molecule has 0 aliphatic carbocycles. The van der Waals surface area contributed by atoms with Gasteiger partial charge in [-0.1, -0.05) is 0 Å². The minimum Gasteiger partial charge on any atom is -0.396 e. The Kier molecular flexibility index (Phi) is 3.45. The average molecular weight is 262 g/mol. The van der Waals surface area contributed by atoms with Crippen LogP contribution in [-0.4, -0.2) is 36.5 Å². The van der Waals surface area contributed by atoms with Crippen molar-refractivity contribution in [3.63, 3.8) is 0 Å². The monoisotopic (exact) mass is 262 g/mol. The summed E-state index contributed by atoms with van der Waals surface area (Å²) in [4.78, 5) is 3.69. The molecule has 0 radical (unpaired) electrons. The summed E-state index contributed by atoms with van der Waals surface area (Å²) < 4.78 is 41.9. The highest BCUT2D eigenvalue weighted by Gasteiger charge is 2.38. The Hall–Kier alpha value is -1.34. The van der Waals surface area contributed by atoms with Crippen LogP contribution < -0.4 is 5.32 Å². The highest BCUT2D eigenvalue weighted by atomic mass is 19.4. The van der Waals surface area contributed by atoms with E-state index in [9.17, 15) is 18.3 Å². The molecule has 1 saturated heterocycles. The number of anilines is 1. The fraction of sp³-hybridized carbons (Fsp3) is 0.545. The third-order valence-electron chi connectivity index (χ3n) is 2.89. The van der Waals surface area contributed by atoms with Gasteiger partial charge in [0.05, 0.1) is 30.8 Å². The number of pyridine rings is 1. The first-order valence-electron chi connectivity index (χ1n) is 5.41. The summed E-state index contributed by atoms with van der Waals surface area (Å²) in [6, 6.07) is 2.24. The van der Waals surface area contributed by atoms with Crippen molar-refractivity contribution < 1.29 is 23.0 Å². The number of nitrogens with zero attached hydrogens (tertiary/aromatic N) is 1. The second kappa shape index (κ2) is 4.74. The van der Waals surface area contributed by atoms with E-state index in [0.29, 0.717) is 25.6 Å². The van der Waals surface area contributed by atoms with Gasteiger partial charge in [-0.3, -0.25) is 0 Å². The average Bonchev–Trinajstić information content (AvgIpc) is 2.28. The van der Waals surface area contributed by atoms with Crippen LogP contribution in [0.1, 0.15) is 5.56 Å². The smallest absolute Gasteiger partial charge is 0.396 e. The molecule has 0 spiro atoms. The number of hydrogen-bond acceptors (Lipinski definition) is 4. The van der Waals surface area contributed by atoms with Gasteiger partial charge in [-0.15, -0.1) is 0 Å². The summed E-state index contributed by atoms with van der Waals surface area (Å²) in [6.07, 6.45) is -3.59. The Morgan fingerprint density at radius 1 is 1.39 bits per heavy atom. The summed E-state index contributed by atoms with van der Waals surface area (Å²) in [5.74, 6) is 0.350. The van der Waals surface area contributed by atoms with Crippen molar-refractivity contribution in [1.29, 1.82) is 0 Å². The van der Waals surface area contributed by atoms with Gasteiger partial charge in [0.2, 0.25) is 0 Å². The molecule has 1 aliphatic heterocycles. The number of aromatic nitrogens is 1. The molecule has 0 unspecified atom stereocenters. The van der Waals surface area contributed by atoms with E-state index in [1.54, 1.807) is 0 Å². The number of ether oxygens (including phenoxy) is 1. The number of alkyl halides is 3.